The van der Waals surface area contributed by atoms with Gasteiger partial charge in [0.25, 0.3) is 5.91 Å². The smallest absolute Gasteiger partial charge is 0.266 e. The lowest BCUT2D eigenvalue weighted by molar-refractivity contribution is -0.0226. The molecule has 134 valence electrons. The Labute approximate surface area is 157 Å². The van der Waals surface area contributed by atoms with Gasteiger partial charge in [-0.25, -0.2) is 4.98 Å². The molecule has 0 saturated carbocycles. The Morgan fingerprint density at radius 3 is 2.80 bits per heavy atom. The molecule has 3 rings (SSSR count). The van der Waals surface area contributed by atoms with Crippen molar-refractivity contribution >= 4 is 28.8 Å². The largest absolute Gasteiger partial charge is 0.370 e. The van der Waals surface area contributed by atoms with Gasteiger partial charge in [-0.3, -0.25) is 4.79 Å². The summed E-state index contributed by atoms with van der Waals surface area (Å²) < 4.78 is 5.86. The fourth-order valence-corrected chi connectivity index (χ4v) is 4.31. The second kappa shape index (κ2) is 7.85. The molecule has 1 amide bonds. The minimum absolute atomic E-state index is 0.0623. The maximum absolute atomic E-state index is 13.0. The molecule has 1 aromatic carbocycles. The molecule has 6 heteroatoms. The van der Waals surface area contributed by atoms with E-state index in [4.69, 9.17) is 16.3 Å². The van der Waals surface area contributed by atoms with E-state index in [9.17, 15) is 4.79 Å². The van der Waals surface area contributed by atoms with E-state index in [1.54, 1.807) is 0 Å². The fraction of sp³-hybridized carbons (Fsp3) is 0.474. The fourth-order valence-electron chi connectivity index (χ4n) is 2.94. The van der Waals surface area contributed by atoms with Gasteiger partial charge in [-0.1, -0.05) is 37.6 Å². The van der Waals surface area contributed by atoms with Gasteiger partial charge in [0.05, 0.1) is 23.9 Å². The van der Waals surface area contributed by atoms with Gasteiger partial charge < -0.3 is 9.64 Å². The van der Waals surface area contributed by atoms with Crippen LogP contribution in [-0.2, 0) is 11.2 Å². The molecular formula is C19H23ClN2O2S. The van der Waals surface area contributed by atoms with Crippen molar-refractivity contribution in [1.29, 1.82) is 0 Å². The minimum Gasteiger partial charge on any atom is -0.370 e. The van der Waals surface area contributed by atoms with Crippen molar-refractivity contribution in [2.75, 3.05) is 19.7 Å². The molecule has 0 bridgehead atoms. The lowest BCUT2D eigenvalue weighted by Gasteiger charge is -2.33. The van der Waals surface area contributed by atoms with Gasteiger partial charge in [0.2, 0.25) is 0 Å². The zero-order chi connectivity index (χ0) is 18.0. The Hall–Kier alpha value is -1.43. The number of aryl methyl sites for hydroxylation is 1. The zero-order valence-electron chi connectivity index (χ0n) is 14.8. The SMILES string of the molecule is Cc1nc(CC(C)C)sc1C(=O)N1CCOC(c2ccc(Cl)cc2)C1. The summed E-state index contributed by atoms with van der Waals surface area (Å²) in [4.78, 5) is 20.2. The number of amides is 1. The van der Waals surface area contributed by atoms with Crippen molar-refractivity contribution in [3.8, 4) is 0 Å². The highest BCUT2D eigenvalue weighted by molar-refractivity contribution is 7.13. The normalized spacial score (nSPS) is 18.0. The van der Waals surface area contributed by atoms with Crippen LogP contribution in [0.2, 0.25) is 5.02 Å². The first-order valence-electron chi connectivity index (χ1n) is 8.56. The summed E-state index contributed by atoms with van der Waals surface area (Å²) in [6.45, 7) is 7.95. The summed E-state index contributed by atoms with van der Waals surface area (Å²) in [5, 5.41) is 1.74. The van der Waals surface area contributed by atoms with Crippen LogP contribution in [0.1, 0.15) is 45.9 Å². The van der Waals surface area contributed by atoms with Crippen LogP contribution in [0.15, 0.2) is 24.3 Å². The number of hydrogen-bond donors (Lipinski definition) is 0. The highest BCUT2D eigenvalue weighted by atomic mass is 35.5. The Bertz CT molecular complexity index is 742. The Morgan fingerprint density at radius 2 is 2.12 bits per heavy atom. The van der Waals surface area contributed by atoms with Crippen LogP contribution >= 0.6 is 22.9 Å². The summed E-state index contributed by atoms with van der Waals surface area (Å²) in [5.41, 5.74) is 1.88. The highest BCUT2D eigenvalue weighted by Crippen LogP contribution is 2.27. The lowest BCUT2D eigenvalue weighted by Crippen LogP contribution is -2.42. The highest BCUT2D eigenvalue weighted by Gasteiger charge is 2.28. The number of ether oxygens (including phenoxy) is 1. The van der Waals surface area contributed by atoms with E-state index in [1.807, 2.05) is 36.1 Å². The molecule has 4 nitrogen and oxygen atoms in total. The van der Waals surface area contributed by atoms with Crippen LogP contribution in [0, 0.1) is 12.8 Å². The number of aromatic nitrogens is 1. The monoisotopic (exact) mass is 378 g/mol. The van der Waals surface area contributed by atoms with Crippen LogP contribution in [0.4, 0.5) is 0 Å². The number of carbonyl (C=O) groups is 1. The Morgan fingerprint density at radius 1 is 1.40 bits per heavy atom. The number of nitrogens with zero attached hydrogens (tertiary/aromatic N) is 2. The van der Waals surface area contributed by atoms with Crippen molar-refractivity contribution in [1.82, 2.24) is 9.88 Å². The average molecular weight is 379 g/mol. The van der Waals surface area contributed by atoms with E-state index in [-0.39, 0.29) is 12.0 Å². The maximum atomic E-state index is 13.0. The lowest BCUT2D eigenvalue weighted by atomic mass is 10.1. The third kappa shape index (κ3) is 4.40. The molecular weight excluding hydrogens is 356 g/mol. The molecule has 1 aliphatic rings. The van der Waals surface area contributed by atoms with Gasteiger partial charge in [-0.15, -0.1) is 11.3 Å². The van der Waals surface area contributed by atoms with Gasteiger partial charge in [-0.05, 0) is 30.5 Å². The van der Waals surface area contributed by atoms with E-state index in [1.165, 1.54) is 11.3 Å². The number of rotatable bonds is 4. The van der Waals surface area contributed by atoms with Crippen LogP contribution in [0.25, 0.3) is 0 Å². The second-order valence-electron chi connectivity index (χ2n) is 6.78. The molecule has 0 spiro atoms. The van der Waals surface area contributed by atoms with Crippen molar-refractivity contribution in [2.24, 2.45) is 5.92 Å². The first-order valence-corrected chi connectivity index (χ1v) is 9.76. The quantitative estimate of drug-likeness (QED) is 0.785. The number of benzene rings is 1. The van der Waals surface area contributed by atoms with Crippen molar-refractivity contribution in [2.45, 2.75) is 33.3 Å². The molecule has 1 aromatic heterocycles. The molecule has 1 saturated heterocycles. The van der Waals surface area contributed by atoms with Gasteiger partial charge in [0.1, 0.15) is 11.0 Å². The first kappa shape index (κ1) is 18.4. The molecule has 1 atom stereocenters. The van der Waals surface area contributed by atoms with Crippen molar-refractivity contribution in [3.63, 3.8) is 0 Å². The predicted octanol–water partition coefficient (Wildman–Crippen LogP) is 4.52. The van der Waals surface area contributed by atoms with Crippen LogP contribution in [0.3, 0.4) is 0 Å². The molecule has 0 aliphatic carbocycles. The van der Waals surface area contributed by atoms with Crippen LogP contribution in [0.5, 0.6) is 0 Å². The molecule has 1 unspecified atom stereocenters. The first-order chi connectivity index (χ1) is 11.9. The number of carbonyl (C=O) groups excluding carboxylic acids is 1. The van der Waals surface area contributed by atoms with Crippen molar-refractivity contribution < 1.29 is 9.53 Å². The number of halogens is 1. The number of morpholine rings is 1. The van der Waals surface area contributed by atoms with E-state index in [2.05, 4.69) is 18.8 Å². The maximum Gasteiger partial charge on any atom is 0.266 e. The molecule has 2 heterocycles. The topological polar surface area (TPSA) is 42.4 Å². The van der Waals surface area contributed by atoms with E-state index in [0.717, 1.165) is 27.6 Å². The van der Waals surface area contributed by atoms with Crippen LogP contribution in [-0.4, -0.2) is 35.5 Å². The molecule has 25 heavy (non-hydrogen) atoms. The summed E-state index contributed by atoms with van der Waals surface area (Å²) in [7, 11) is 0. The third-order valence-corrected chi connectivity index (χ3v) is 5.63. The molecule has 0 radical (unpaired) electrons. The Balaban J connectivity index is 1.73. The second-order valence-corrected chi connectivity index (χ2v) is 8.30. The van der Waals surface area contributed by atoms with Gasteiger partial charge in [0, 0.05) is 18.0 Å². The number of hydrogen-bond acceptors (Lipinski definition) is 4. The minimum atomic E-state index is -0.113. The molecule has 1 fully saturated rings. The van der Waals surface area contributed by atoms with Gasteiger partial charge in [0.15, 0.2) is 0 Å². The van der Waals surface area contributed by atoms with Crippen molar-refractivity contribution in [3.05, 3.63) is 50.4 Å². The summed E-state index contributed by atoms with van der Waals surface area (Å²) >= 11 is 7.48. The third-order valence-electron chi connectivity index (χ3n) is 4.21. The molecule has 1 aliphatic heterocycles. The van der Waals surface area contributed by atoms with Gasteiger partial charge in [-0.2, -0.15) is 0 Å². The summed E-state index contributed by atoms with van der Waals surface area (Å²) in [5.74, 6) is 0.596. The molecule has 2 aromatic rings. The summed E-state index contributed by atoms with van der Waals surface area (Å²) in [6, 6.07) is 7.62. The average Bonchev–Trinajstić information content (AvgIpc) is 2.94. The standard InChI is InChI=1S/C19H23ClN2O2S/c1-12(2)10-17-21-13(3)18(25-17)19(23)22-8-9-24-16(11-22)14-4-6-15(20)7-5-14/h4-7,12,16H,8-11H2,1-3H3. The summed E-state index contributed by atoms with van der Waals surface area (Å²) in [6.07, 6.45) is 0.799. The van der Waals surface area contributed by atoms with E-state index in [0.29, 0.717) is 30.6 Å². The predicted molar refractivity (Wildman–Crippen MR) is 101 cm³/mol. The van der Waals surface area contributed by atoms with Crippen LogP contribution < -0.4 is 0 Å². The van der Waals surface area contributed by atoms with E-state index >= 15 is 0 Å². The molecule has 0 N–H and O–H groups in total. The van der Waals surface area contributed by atoms with E-state index < -0.39 is 0 Å². The Kier molecular flexibility index (Phi) is 5.77. The zero-order valence-corrected chi connectivity index (χ0v) is 16.4. The van der Waals surface area contributed by atoms with Gasteiger partial charge >= 0.3 is 0 Å². The number of thiazole rings is 1.